The van der Waals surface area contributed by atoms with Crippen LogP contribution in [-0.2, 0) is 6.54 Å². The molecule has 2 rings (SSSR count). The number of nitrogens with zero attached hydrogens (tertiary/aromatic N) is 1. The van der Waals surface area contributed by atoms with Crippen molar-refractivity contribution < 1.29 is 0 Å². The van der Waals surface area contributed by atoms with Gasteiger partial charge in [0, 0.05) is 18.5 Å². The number of thiophene rings is 1. The van der Waals surface area contributed by atoms with E-state index in [2.05, 4.69) is 36.4 Å². The van der Waals surface area contributed by atoms with E-state index in [9.17, 15) is 0 Å². The number of hydrogen-bond acceptors (Lipinski definition) is 3. The molecule has 0 saturated carbocycles. The first kappa shape index (κ1) is 13.4. The second-order valence-corrected chi connectivity index (χ2v) is 5.64. The molecule has 0 bridgehead atoms. The average Bonchev–Trinajstić information content (AvgIpc) is 2.90. The molecule has 1 aromatic carbocycles. The quantitative estimate of drug-likeness (QED) is 0.915. The minimum atomic E-state index is 0.287. The van der Waals surface area contributed by atoms with Gasteiger partial charge in [0.2, 0.25) is 0 Å². The van der Waals surface area contributed by atoms with E-state index in [0.29, 0.717) is 6.54 Å². The van der Waals surface area contributed by atoms with E-state index in [1.54, 1.807) is 11.3 Å². The number of nitrogens with two attached hydrogens (primary N) is 1. The molecule has 0 amide bonds. The highest BCUT2D eigenvalue weighted by molar-refractivity contribution is 7.10. The fraction of sp³-hybridized carbons (Fsp3) is 0.286. The number of hydrogen-bond donors (Lipinski definition) is 1. The Kier molecular flexibility index (Phi) is 4.27. The fourth-order valence-corrected chi connectivity index (χ4v) is 3.19. The van der Waals surface area contributed by atoms with E-state index in [1.807, 2.05) is 18.2 Å². The van der Waals surface area contributed by atoms with Crippen LogP contribution in [0.4, 0.5) is 5.69 Å². The van der Waals surface area contributed by atoms with Crippen molar-refractivity contribution in [2.75, 3.05) is 11.9 Å². The smallest absolute Gasteiger partial charge is 0.0643 e. The monoisotopic (exact) mass is 280 g/mol. The minimum absolute atomic E-state index is 0.287. The molecule has 0 radical (unpaired) electrons. The van der Waals surface area contributed by atoms with Gasteiger partial charge in [0.05, 0.1) is 16.8 Å². The maximum absolute atomic E-state index is 6.31. The summed E-state index contributed by atoms with van der Waals surface area (Å²) >= 11 is 8.07. The van der Waals surface area contributed by atoms with Crippen LogP contribution in [0.2, 0.25) is 5.02 Å². The van der Waals surface area contributed by atoms with Crippen molar-refractivity contribution in [3.8, 4) is 0 Å². The first-order valence-electron chi connectivity index (χ1n) is 5.89. The summed E-state index contributed by atoms with van der Waals surface area (Å²) < 4.78 is 0. The van der Waals surface area contributed by atoms with Crippen LogP contribution >= 0.6 is 22.9 Å². The maximum atomic E-state index is 6.31. The van der Waals surface area contributed by atoms with Crippen LogP contribution in [0.1, 0.15) is 23.4 Å². The highest BCUT2D eigenvalue weighted by atomic mass is 35.5. The molecule has 2 nitrogen and oxygen atoms in total. The largest absolute Gasteiger partial charge is 0.366 e. The number of para-hydroxylation sites is 1. The standard InChI is InChI=1S/C14H17ClN2S/c1-10(13-7-4-8-18-13)17(2)14-11(9-16)5-3-6-12(14)15/h3-8,10H,9,16H2,1-2H3. The second-order valence-electron chi connectivity index (χ2n) is 4.25. The third kappa shape index (κ3) is 2.53. The van der Waals surface area contributed by atoms with E-state index >= 15 is 0 Å². The Morgan fingerprint density at radius 3 is 2.72 bits per heavy atom. The zero-order chi connectivity index (χ0) is 13.1. The molecule has 2 N–H and O–H groups in total. The van der Waals surface area contributed by atoms with Crippen molar-refractivity contribution in [1.82, 2.24) is 0 Å². The highest BCUT2D eigenvalue weighted by Gasteiger charge is 2.18. The molecule has 0 fully saturated rings. The molecule has 0 aliphatic rings. The van der Waals surface area contributed by atoms with Gasteiger partial charge in [-0.1, -0.05) is 29.8 Å². The van der Waals surface area contributed by atoms with Crippen molar-refractivity contribution in [3.63, 3.8) is 0 Å². The normalized spacial score (nSPS) is 12.4. The lowest BCUT2D eigenvalue weighted by Crippen LogP contribution is -2.23. The number of benzene rings is 1. The SMILES string of the molecule is CC(c1cccs1)N(C)c1c(Cl)cccc1CN. The lowest BCUT2D eigenvalue weighted by molar-refractivity contribution is 0.748. The Balaban J connectivity index is 2.36. The van der Waals surface area contributed by atoms with Crippen LogP contribution in [0.15, 0.2) is 35.7 Å². The predicted molar refractivity (Wildman–Crippen MR) is 80.5 cm³/mol. The Hall–Kier alpha value is -1.03. The molecule has 1 aromatic heterocycles. The third-order valence-corrected chi connectivity index (χ3v) is 4.53. The summed E-state index contributed by atoms with van der Waals surface area (Å²) in [4.78, 5) is 3.51. The number of anilines is 1. The van der Waals surface area contributed by atoms with Crippen LogP contribution in [0.25, 0.3) is 0 Å². The predicted octanol–water partition coefficient (Wildman–Crippen LogP) is 4.06. The van der Waals surface area contributed by atoms with Crippen LogP contribution in [0.5, 0.6) is 0 Å². The second kappa shape index (κ2) is 5.74. The van der Waals surface area contributed by atoms with E-state index in [-0.39, 0.29) is 6.04 Å². The lowest BCUT2D eigenvalue weighted by atomic mass is 10.1. The van der Waals surface area contributed by atoms with Crippen molar-refractivity contribution in [2.24, 2.45) is 5.73 Å². The molecule has 96 valence electrons. The van der Waals surface area contributed by atoms with Gasteiger partial charge in [-0.15, -0.1) is 11.3 Å². The molecule has 0 saturated heterocycles. The molecule has 4 heteroatoms. The third-order valence-electron chi connectivity index (χ3n) is 3.18. The van der Waals surface area contributed by atoms with E-state index in [4.69, 9.17) is 17.3 Å². The highest BCUT2D eigenvalue weighted by Crippen LogP contribution is 2.35. The van der Waals surface area contributed by atoms with Crippen molar-refractivity contribution in [2.45, 2.75) is 19.5 Å². The molecule has 0 spiro atoms. The average molecular weight is 281 g/mol. The van der Waals surface area contributed by atoms with Gasteiger partial charge in [0.25, 0.3) is 0 Å². The summed E-state index contributed by atoms with van der Waals surface area (Å²) in [6.45, 7) is 2.67. The van der Waals surface area contributed by atoms with Crippen molar-refractivity contribution in [3.05, 3.63) is 51.2 Å². The summed E-state index contributed by atoms with van der Waals surface area (Å²) in [5.41, 5.74) is 7.90. The Morgan fingerprint density at radius 1 is 1.33 bits per heavy atom. The van der Waals surface area contributed by atoms with Crippen molar-refractivity contribution >= 4 is 28.6 Å². The molecule has 18 heavy (non-hydrogen) atoms. The summed E-state index contributed by atoms with van der Waals surface area (Å²) in [6, 6.07) is 10.4. The van der Waals surface area contributed by atoms with Gasteiger partial charge in [0.1, 0.15) is 0 Å². The van der Waals surface area contributed by atoms with E-state index < -0.39 is 0 Å². The van der Waals surface area contributed by atoms with Gasteiger partial charge < -0.3 is 10.6 Å². The molecule has 0 aliphatic heterocycles. The summed E-state index contributed by atoms with van der Waals surface area (Å²) in [7, 11) is 2.06. The summed E-state index contributed by atoms with van der Waals surface area (Å²) in [5, 5.41) is 2.85. The van der Waals surface area contributed by atoms with Gasteiger partial charge in [-0.05, 0) is 30.0 Å². The van der Waals surface area contributed by atoms with E-state index in [0.717, 1.165) is 16.3 Å². The fourth-order valence-electron chi connectivity index (χ4n) is 2.03. The zero-order valence-corrected chi connectivity index (χ0v) is 12.1. The minimum Gasteiger partial charge on any atom is -0.366 e. The van der Waals surface area contributed by atoms with Crippen LogP contribution in [0, 0.1) is 0 Å². The molecule has 1 atom stereocenters. The summed E-state index contributed by atoms with van der Waals surface area (Å²) in [5.74, 6) is 0. The topological polar surface area (TPSA) is 29.3 Å². The van der Waals surface area contributed by atoms with Gasteiger partial charge in [-0.3, -0.25) is 0 Å². The van der Waals surface area contributed by atoms with Crippen LogP contribution < -0.4 is 10.6 Å². The summed E-state index contributed by atoms with van der Waals surface area (Å²) in [6.07, 6.45) is 0. The molecule has 1 heterocycles. The molecule has 2 aromatic rings. The van der Waals surface area contributed by atoms with Crippen LogP contribution in [-0.4, -0.2) is 7.05 Å². The number of rotatable bonds is 4. The van der Waals surface area contributed by atoms with Crippen LogP contribution in [0.3, 0.4) is 0 Å². The van der Waals surface area contributed by atoms with Gasteiger partial charge in [0.15, 0.2) is 0 Å². The molecular formula is C14H17ClN2S. The number of halogens is 1. The van der Waals surface area contributed by atoms with Gasteiger partial charge in [-0.2, -0.15) is 0 Å². The van der Waals surface area contributed by atoms with Crippen molar-refractivity contribution in [1.29, 1.82) is 0 Å². The Morgan fingerprint density at radius 2 is 2.11 bits per heavy atom. The van der Waals surface area contributed by atoms with E-state index in [1.165, 1.54) is 4.88 Å². The zero-order valence-electron chi connectivity index (χ0n) is 10.6. The Labute approximate surface area is 117 Å². The molecule has 1 unspecified atom stereocenters. The first-order valence-corrected chi connectivity index (χ1v) is 7.14. The van der Waals surface area contributed by atoms with Gasteiger partial charge >= 0.3 is 0 Å². The molecular weight excluding hydrogens is 264 g/mol. The molecule has 0 aliphatic carbocycles. The maximum Gasteiger partial charge on any atom is 0.0643 e. The lowest BCUT2D eigenvalue weighted by Gasteiger charge is -2.29. The Bertz CT molecular complexity index is 511. The first-order chi connectivity index (χ1) is 8.65. The van der Waals surface area contributed by atoms with Gasteiger partial charge in [-0.25, -0.2) is 0 Å².